The van der Waals surface area contributed by atoms with E-state index in [1.165, 1.54) is 76.6 Å². The summed E-state index contributed by atoms with van der Waals surface area (Å²) in [5.41, 5.74) is 21.8. The summed E-state index contributed by atoms with van der Waals surface area (Å²) >= 11 is 0. The van der Waals surface area contributed by atoms with Gasteiger partial charge in [-0.15, -0.1) is 0 Å². The van der Waals surface area contributed by atoms with E-state index in [4.69, 9.17) is 14.4 Å². The highest BCUT2D eigenvalue weighted by Crippen LogP contribution is 2.56. The maximum Gasteiger partial charge on any atom is 0.162 e. The van der Waals surface area contributed by atoms with Crippen LogP contribution in [-0.2, 0) is 5.41 Å². The van der Waals surface area contributed by atoms with Gasteiger partial charge in [-0.05, 0) is 172 Å². The van der Waals surface area contributed by atoms with Gasteiger partial charge in [0.2, 0.25) is 0 Å². The molecule has 0 N–H and O–H groups in total. The fourth-order valence-corrected chi connectivity index (χ4v) is 15.5. The van der Waals surface area contributed by atoms with E-state index in [0.717, 1.165) is 106 Å². The molecule has 5 nitrogen and oxygen atoms in total. The molecular weight excluding hydrogens is 1140 g/mol. The summed E-state index contributed by atoms with van der Waals surface area (Å²) in [5, 5.41) is 14.4. The first kappa shape index (κ1) is 53.6. The first-order valence-corrected chi connectivity index (χ1v) is 32.4. The Bertz CT molecular complexity index is 6070. The van der Waals surface area contributed by atoms with Crippen LogP contribution in [0.2, 0.25) is 0 Å². The molecule has 0 unspecified atom stereocenters. The first-order chi connectivity index (χ1) is 46.4. The molecule has 0 saturated carbocycles. The molecule has 19 rings (SSSR count). The van der Waals surface area contributed by atoms with Crippen molar-refractivity contribution in [1.82, 2.24) is 14.5 Å². The second-order valence-corrected chi connectivity index (χ2v) is 25.6. The molecule has 0 amide bonds. The molecular formula is C89H58N4O. The van der Waals surface area contributed by atoms with E-state index in [1.807, 2.05) is 12.1 Å². The number of furan rings is 1. The molecule has 3 aromatic heterocycles. The van der Waals surface area contributed by atoms with E-state index in [2.05, 4.69) is 327 Å². The first-order valence-electron chi connectivity index (χ1n) is 32.4. The van der Waals surface area contributed by atoms with Gasteiger partial charge in [0.1, 0.15) is 17.0 Å². The van der Waals surface area contributed by atoms with Gasteiger partial charge < -0.3 is 9.32 Å². The molecule has 0 atom stereocenters. The number of fused-ring (bicyclic) bond motifs is 17. The van der Waals surface area contributed by atoms with Gasteiger partial charge in [-0.3, -0.25) is 4.57 Å². The third-order valence-corrected chi connectivity index (χ3v) is 20.0. The molecule has 5 heteroatoms. The molecule has 1 aliphatic rings. The van der Waals surface area contributed by atoms with Crippen molar-refractivity contribution < 1.29 is 4.42 Å². The minimum absolute atomic E-state index is 0.306. The van der Waals surface area contributed by atoms with Crippen LogP contribution in [0.25, 0.3) is 160 Å². The molecule has 1 aliphatic carbocycles. The summed E-state index contributed by atoms with van der Waals surface area (Å²) in [4.78, 5) is 13.2. The van der Waals surface area contributed by atoms with Gasteiger partial charge in [0, 0.05) is 60.9 Å². The molecule has 0 aliphatic heterocycles. The molecule has 15 aromatic carbocycles. The van der Waals surface area contributed by atoms with Gasteiger partial charge in [0.25, 0.3) is 0 Å². The maximum atomic E-state index is 6.42. The minimum Gasteiger partial charge on any atom is -0.456 e. The second-order valence-electron chi connectivity index (χ2n) is 25.6. The SMILES string of the molecule is CC1(C)c2cc3c4ccccc4c4ccccc4c3cc2-c2c1ccc1c2c2cc(-c3ccc4c(N(c5ccc(-c6ccccc6-c6ccccc6)cc5)c5ccc6oc7ccccc7c6c5)cccc4c3)ccc2n1-c1cc(-c2ccccc2)nc(-c2ccccc2)n1. The van der Waals surface area contributed by atoms with Crippen molar-refractivity contribution in [3.8, 4) is 73.0 Å². The molecule has 440 valence electrons. The van der Waals surface area contributed by atoms with Gasteiger partial charge in [0.05, 0.1) is 22.4 Å². The average molecular weight is 1200 g/mol. The molecule has 94 heavy (non-hydrogen) atoms. The zero-order chi connectivity index (χ0) is 62.2. The normalized spacial score (nSPS) is 12.7. The van der Waals surface area contributed by atoms with E-state index >= 15 is 0 Å². The van der Waals surface area contributed by atoms with Crippen LogP contribution in [-0.4, -0.2) is 14.5 Å². The number of anilines is 3. The van der Waals surface area contributed by atoms with Gasteiger partial charge in [0.15, 0.2) is 5.82 Å². The summed E-state index contributed by atoms with van der Waals surface area (Å²) in [5.74, 6) is 1.48. The highest BCUT2D eigenvalue weighted by Gasteiger charge is 2.39. The lowest BCUT2D eigenvalue weighted by molar-refractivity contribution is 0.661. The van der Waals surface area contributed by atoms with Gasteiger partial charge in [-0.1, -0.05) is 244 Å². The van der Waals surface area contributed by atoms with Crippen molar-refractivity contribution in [1.29, 1.82) is 0 Å². The molecule has 18 aromatic rings. The van der Waals surface area contributed by atoms with Crippen LogP contribution < -0.4 is 4.90 Å². The predicted molar refractivity (Wildman–Crippen MR) is 393 cm³/mol. The van der Waals surface area contributed by atoms with Crippen LogP contribution >= 0.6 is 0 Å². The van der Waals surface area contributed by atoms with Crippen molar-refractivity contribution in [2.24, 2.45) is 0 Å². The third kappa shape index (κ3) is 8.34. The lowest BCUT2D eigenvalue weighted by atomic mass is 9.81. The second kappa shape index (κ2) is 20.9. The number of hydrogen-bond donors (Lipinski definition) is 0. The van der Waals surface area contributed by atoms with Crippen LogP contribution in [0.3, 0.4) is 0 Å². The fraction of sp³-hybridized carbons (Fsp3) is 0.0337. The van der Waals surface area contributed by atoms with Crippen LogP contribution in [0.1, 0.15) is 25.0 Å². The Morgan fingerprint density at radius 1 is 0.330 bits per heavy atom. The highest BCUT2D eigenvalue weighted by atomic mass is 16.3. The number of para-hydroxylation sites is 1. The monoisotopic (exact) mass is 1200 g/mol. The largest absolute Gasteiger partial charge is 0.456 e. The van der Waals surface area contributed by atoms with Crippen LogP contribution in [0, 0.1) is 0 Å². The Balaban J connectivity index is 0.814. The van der Waals surface area contributed by atoms with E-state index < -0.39 is 0 Å². The molecule has 3 heterocycles. The summed E-state index contributed by atoms with van der Waals surface area (Å²) in [6.45, 7) is 4.82. The van der Waals surface area contributed by atoms with E-state index in [1.54, 1.807) is 0 Å². The Labute approximate surface area is 543 Å². The summed E-state index contributed by atoms with van der Waals surface area (Å²) in [6.07, 6.45) is 0. The van der Waals surface area contributed by atoms with Crippen molar-refractivity contribution in [2.75, 3.05) is 4.90 Å². The summed E-state index contributed by atoms with van der Waals surface area (Å²) in [6, 6.07) is 115. The number of aromatic nitrogens is 3. The van der Waals surface area contributed by atoms with Gasteiger partial charge in [-0.2, -0.15) is 0 Å². The van der Waals surface area contributed by atoms with Crippen molar-refractivity contribution in [3.05, 3.63) is 327 Å². The topological polar surface area (TPSA) is 47.1 Å². The Hall–Kier alpha value is -12.2. The summed E-state index contributed by atoms with van der Waals surface area (Å²) in [7, 11) is 0. The number of rotatable bonds is 9. The van der Waals surface area contributed by atoms with Gasteiger partial charge in [-0.25, -0.2) is 9.97 Å². The number of hydrogen-bond acceptors (Lipinski definition) is 4. The maximum absolute atomic E-state index is 6.42. The standard InChI is InChI=1S/C89H58N4O/c1-89(2)77-45-47-82-87(86(77)75-52-72-69-32-16-14-30-67(69)68-31-15-17-33-70(68)73(72)53-78(75)89)76-50-60(40-46-81(76)93(82)85-54-79(57-23-8-4-9-24-57)90-88(91-85)58-25-10-5-11-26-58)59-39-44-66-61(49-59)27-20-35-80(66)92(63-43-48-84-74(51-63)71-34-18-19-36-83(71)94-84)62-41-37-56(38-42-62)65-29-13-12-28-64(65)55-21-6-3-7-22-55/h3-54H,1-2H3. The fourth-order valence-electron chi connectivity index (χ4n) is 15.5. The van der Waals surface area contributed by atoms with Crippen molar-refractivity contribution >= 4 is 104 Å². The van der Waals surface area contributed by atoms with E-state index in [0.29, 0.717) is 5.82 Å². The smallest absolute Gasteiger partial charge is 0.162 e. The average Bonchev–Trinajstić information content (AvgIpc) is 1.55. The van der Waals surface area contributed by atoms with Crippen LogP contribution in [0.4, 0.5) is 17.1 Å². The third-order valence-electron chi connectivity index (χ3n) is 20.0. The van der Waals surface area contributed by atoms with Crippen LogP contribution in [0.5, 0.6) is 0 Å². The molecule has 0 bridgehead atoms. The Morgan fingerprint density at radius 2 is 0.894 bits per heavy atom. The van der Waals surface area contributed by atoms with E-state index in [9.17, 15) is 0 Å². The molecule has 0 spiro atoms. The lowest BCUT2D eigenvalue weighted by Gasteiger charge is -2.27. The zero-order valence-electron chi connectivity index (χ0n) is 51.7. The van der Waals surface area contributed by atoms with Gasteiger partial charge >= 0.3 is 0 Å². The molecule has 0 fully saturated rings. The summed E-state index contributed by atoms with van der Waals surface area (Å²) < 4.78 is 8.81. The number of benzene rings is 15. The quantitative estimate of drug-likeness (QED) is 0.135. The highest BCUT2D eigenvalue weighted by molar-refractivity contribution is 6.27. The Morgan fingerprint density at radius 3 is 1.62 bits per heavy atom. The minimum atomic E-state index is -0.306. The lowest BCUT2D eigenvalue weighted by Crippen LogP contribution is -2.15. The molecule has 0 saturated heterocycles. The van der Waals surface area contributed by atoms with E-state index in [-0.39, 0.29) is 5.41 Å². The Kier molecular flexibility index (Phi) is 11.9. The predicted octanol–water partition coefficient (Wildman–Crippen LogP) is 24.2. The molecule has 0 radical (unpaired) electrons. The number of nitrogens with zero attached hydrogens (tertiary/aromatic N) is 4. The van der Waals surface area contributed by atoms with Crippen molar-refractivity contribution in [3.63, 3.8) is 0 Å². The zero-order valence-corrected chi connectivity index (χ0v) is 51.7. The van der Waals surface area contributed by atoms with Crippen molar-refractivity contribution in [2.45, 2.75) is 19.3 Å². The van der Waals surface area contributed by atoms with Crippen LogP contribution in [0.15, 0.2) is 320 Å².